The summed E-state index contributed by atoms with van der Waals surface area (Å²) >= 11 is 0. The predicted octanol–water partition coefficient (Wildman–Crippen LogP) is 1.91. The van der Waals surface area contributed by atoms with Crippen molar-refractivity contribution in [1.82, 2.24) is 20.4 Å². The standard InChI is InChI=1S/C18H23N5O2/c1-11-9-14(11)17(24)20-13-5-3-12(4-6-13)18-21-16(22-25-18)15-10-19-7-8-23(15)2/h3-6,11,14-15,19H,7-10H2,1-2H3,(H,20,24). The Morgan fingerprint density at radius 3 is 2.80 bits per heavy atom. The van der Waals surface area contributed by atoms with Crippen molar-refractivity contribution in [1.29, 1.82) is 0 Å². The van der Waals surface area contributed by atoms with E-state index in [4.69, 9.17) is 4.52 Å². The third kappa shape index (κ3) is 3.43. The Hall–Kier alpha value is -2.25. The van der Waals surface area contributed by atoms with Crippen molar-refractivity contribution in [2.24, 2.45) is 11.8 Å². The first-order chi connectivity index (χ1) is 12.1. The fourth-order valence-electron chi connectivity index (χ4n) is 3.20. The van der Waals surface area contributed by atoms with Gasteiger partial charge in [0.1, 0.15) is 0 Å². The molecule has 0 radical (unpaired) electrons. The van der Waals surface area contributed by atoms with Gasteiger partial charge in [0.05, 0.1) is 6.04 Å². The van der Waals surface area contributed by atoms with Gasteiger partial charge >= 0.3 is 0 Å². The van der Waals surface area contributed by atoms with E-state index in [1.54, 1.807) is 0 Å². The summed E-state index contributed by atoms with van der Waals surface area (Å²) in [7, 11) is 2.07. The number of piperazine rings is 1. The number of nitrogens with zero attached hydrogens (tertiary/aromatic N) is 3. The maximum Gasteiger partial charge on any atom is 0.257 e. The lowest BCUT2D eigenvalue weighted by Crippen LogP contribution is -2.44. The van der Waals surface area contributed by atoms with Crippen LogP contribution in [-0.4, -0.2) is 47.6 Å². The van der Waals surface area contributed by atoms with Gasteiger partial charge in [-0.3, -0.25) is 9.69 Å². The highest BCUT2D eigenvalue weighted by Gasteiger charge is 2.39. The highest BCUT2D eigenvalue weighted by atomic mass is 16.5. The van der Waals surface area contributed by atoms with E-state index in [0.29, 0.717) is 17.6 Å². The van der Waals surface area contributed by atoms with Gasteiger partial charge < -0.3 is 15.2 Å². The topological polar surface area (TPSA) is 83.3 Å². The zero-order valence-corrected chi connectivity index (χ0v) is 14.5. The molecule has 1 aliphatic carbocycles. The van der Waals surface area contributed by atoms with Crippen LogP contribution in [-0.2, 0) is 4.79 Å². The normalized spacial score (nSPS) is 26.4. The molecule has 0 spiro atoms. The lowest BCUT2D eigenvalue weighted by Gasteiger charge is -2.30. The Bertz CT molecular complexity index is 757. The fourth-order valence-corrected chi connectivity index (χ4v) is 3.20. The number of aromatic nitrogens is 2. The summed E-state index contributed by atoms with van der Waals surface area (Å²) in [4.78, 5) is 18.8. The Kier molecular flexibility index (Phi) is 4.27. The molecule has 25 heavy (non-hydrogen) atoms. The number of nitrogens with one attached hydrogen (secondary N) is 2. The van der Waals surface area contributed by atoms with Gasteiger partial charge in [0.25, 0.3) is 5.89 Å². The molecular formula is C18H23N5O2. The molecule has 1 amide bonds. The average molecular weight is 341 g/mol. The number of carbonyl (C=O) groups excluding carboxylic acids is 1. The molecule has 1 saturated carbocycles. The monoisotopic (exact) mass is 341 g/mol. The summed E-state index contributed by atoms with van der Waals surface area (Å²) in [6.45, 7) is 4.85. The van der Waals surface area contributed by atoms with E-state index in [0.717, 1.165) is 37.3 Å². The van der Waals surface area contributed by atoms with Crippen LogP contribution in [0.15, 0.2) is 28.8 Å². The van der Waals surface area contributed by atoms with Crippen molar-refractivity contribution in [3.8, 4) is 11.5 Å². The van der Waals surface area contributed by atoms with Crippen molar-refractivity contribution in [2.45, 2.75) is 19.4 Å². The van der Waals surface area contributed by atoms with Crippen molar-refractivity contribution >= 4 is 11.6 Å². The second kappa shape index (κ2) is 6.57. The minimum atomic E-state index is 0.105. The summed E-state index contributed by atoms with van der Waals surface area (Å²) in [5, 5.41) is 10.4. The van der Waals surface area contributed by atoms with Crippen LogP contribution in [0.4, 0.5) is 5.69 Å². The summed E-state index contributed by atoms with van der Waals surface area (Å²) in [5.41, 5.74) is 1.65. The van der Waals surface area contributed by atoms with Crippen molar-refractivity contribution < 1.29 is 9.32 Å². The van der Waals surface area contributed by atoms with Gasteiger partial charge in [-0.15, -0.1) is 0 Å². The number of anilines is 1. The van der Waals surface area contributed by atoms with Gasteiger partial charge in [0.2, 0.25) is 5.91 Å². The molecule has 0 bridgehead atoms. The van der Waals surface area contributed by atoms with Gasteiger partial charge in [-0.25, -0.2) is 0 Å². The smallest absolute Gasteiger partial charge is 0.257 e. The highest BCUT2D eigenvalue weighted by Crippen LogP contribution is 2.38. The molecule has 2 fully saturated rings. The molecule has 2 aromatic rings. The third-order valence-electron chi connectivity index (χ3n) is 5.10. The van der Waals surface area contributed by atoms with Gasteiger partial charge in [-0.1, -0.05) is 12.1 Å². The van der Waals surface area contributed by atoms with Gasteiger partial charge in [-0.05, 0) is 43.7 Å². The Morgan fingerprint density at radius 2 is 2.12 bits per heavy atom. The fraction of sp³-hybridized carbons (Fsp3) is 0.500. The Morgan fingerprint density at radius 1 is 1.36 bits per heavy atom. The van der Waals surface area contributed by atoms with Crippen LogP contribution in [0.5, 0.6) is 0 Å². The molecule has 1 aliphatic heterocycles. The van der Waals surface area contributed by atoms with Crippen LogP contribution >= 0.6 is 0 Å². The lowest BCUT2D eigenvalue weighted by molar-refractivity contribution is -0.117. The average Bonchev–Trinajstić information content (AvgIpc) is 3.16. The van der Waals surface area contributed by atoms with Crippen molar-refractivity contribution in [3.63, 3.8) is 0 Å². The number of rotatable bonds is 4. The molecule has 132 valence electrons. The van der Waals surface area contributed by atoms with E-state index < -0.39 is 0 Å². The number of benzene rings is 1. The minimum absolute atomic E-state index is 0.105. The molecule has 2 aliphatic rings. The molecule has 3 unspecified atom stereocenters. The molecule has 1 aromatic heterocycles. The van der Waals surface area contributed by atoms with E-state index in [1.807, 2.05) is 24.3 Å². The molecule has 7 nitrogen and oxygen atoms in total. The molecule has 2 N–H and O–H groups in total. The highest BCUT2D eigenvalue weighted by molar-refractivity contribution is 5.94. The quantitative estimate of drug-likeness (QED) is 0.884. The zero-order chi connectivity index (χ0) is 17.4. The zero-order valence-electron chi connectivity index (χ0n) is 14.5. The number of carbonyl (C=O) groups is 1. The summed E-state index contributed by atoms with van der Waals surface area (Å²) in [6.07, 6.45) is 0.985. The number of likely N-dealkylation sites (N-methyl/N-ethyl adjacent to an activating group) is 1. The van der Waals surface area contributed by atoms with Crippen LogP contribution < -0.4 is 10.6 Å². The lowest BCUT2D eigenvalue weighted by atomic mass is 10.2. The van der Waals surface area contributed by atoms with E-state index in [9.17, 15) is 4.79 Å². The molecule has 1 aromatic carbocycles. The van der Waals surface area contributed by atoms with Crippen LogP contribution in [0.1, 0.15) is 25.2 Å². The molecule has 1 saturated heterocycles. The summed E-state index contributed by atoms with van der Waals surface area (Å²) < 4.78 is 5.43. The maximum absolute atomic E-state index is 12.0. The SMILES string of the molecule is CC1CC1C(=O)Nc1ccc(-c2nc(C3CNCCN3C)no2)cc1. The maximum atomic E-state index is 12.0. The molecular weight excluding hydrogens is 318 g/mol. The number of hydrogen-bond acceptors (Lipinski definition) is 6. The summed E-state index contributed by atoms with van der Waals surface area (Å²) in [5.74, 6) is 1.98. The first-order valence-electron chi connectivity index (χ1n) is 8.77. The predicted molar refractivity (Wildman–Crippen MR) is 93.9 cm³/mol. The Labute approximate surface area is 146 Å². The van der Waals surface area contributed by atoms with E-state index in [1.165, 1.54) is 0 Å². The number of amides is 1. The van der Waals surface area contributed by atoms with E-state index in [2.05, 4.69) is 39.6 Å². The van der Waals surface area contributed by atoms with Crippen molar-refractivity contribution in [3.05, 3.63) is 30.1 Å². The Balaban J connectivity index is 1.44. The van der Waals surface area contributed by atoms with Crippen LogP contribution in [0.25, 0.3) is 11.5 Å². The van der Waals surface area contributed by atoms with Crippen LogP contribution in [0.2, 0.25) is 0 Å². The van der Waals surface area contributed by atoms with E-state index >= 15 is 0 Å². The van der Waals surface area contributed by atoms with Gasteiger partial charge in [0.15, 0.2) is 5.82 Å². The van der Waals surface area contributed by atoms with Gasteiger partial charge in [0, 0.05) is 36.8 Å². The molecule has 4 rings (SSSR count). The number of hydrogen-bond donors (Lipinski definition) is 2. The second-order valence-corrected chi connectivity index (χ2v) is 7.04. The first kappa shape index (κ1) is 16.2. The summed E-state index contributed by atoms with van der Waals surface area (Å²) in [6, 6.07) is 7.67. The third-order valence-corrected chi connectivity index (χ3v) is 5.10. The minimum Gasteiger partial charge on any atom is -0.334 e. The first-order valence-corrected chi connectivity index (χ1v) is 8.77. The van der Waals surface area contributed by atoms with E-state index in [-0.39, 0.29) is 17.9 Å². The van der Waals surface area contributed by atoms with Crippen molar-refractivity contribution in [2.75, 3.05) is 32.0 Å². The second-order valence-electron chi connectivity index (χ2n) is 7.04. The molecule has 7 heteroatoms. The van der Waals surface area contributed by atoms with Crippen LogP contribution in [0.3, 0.4) is 0 Å². The van der Waals surface area contributed by atoms with Gasteiger partial charge in [-0.2, -0.15) is 4.98 Å². The molecule has 3 atom stereocenters. The molecule has 2 heterocycles. The largest absolute Gasteiger partial charge is 0.334 e. The van der Waals surface area contributed by atoms with Crippen LogP contribution in [0, 0.1) is 11.8 Å².